The van der Waals surface area contributed by atoms with E-state index in [0.29, 0.717) is 0 Å². The third-order valence-electron chi connectivity index (χ3n) is 4.65. The summed E-state index contributed by atoms with van der Waals surface area (Å²) in [6, 6.07) is 3.92. The van der Waals surface area contributed by atoms with Gasteiger partial charge in [-0.05, 0) is 31.9 Å². The Morgan fingerprint density at radius 1 is 1.46 bits per heavy atom. The molecule has 134 valence electrons. The monoisotopic (exact) mass is 345 g/mol. The van der Waals surface area contributed by atoms with Crippen LogP contribution in [0, 0.1) is 5.41 Å². The average Bonchev–Trinajstić information content (AvgIpc) is 2.92. The molecule has 0 saturated carbocycles. The minimum atomic E-state index is -4.75. The smallest absolute Gasteiger partial charge is 0.406 e. The van der Waals surface area contributed by atoms with Crippen molar-refractivity contribution in [1.29, 1.82) is 0 Å². The topological polar surface area (TPSA) is 56.7 Å². The number of halogens is 3. The number of nitrogens with zero attached hydrogens (tertiary/aromatic N) is 3. The first-order valence-corrected chi connectivity index (χ1v) is 7.77. The minimum absolute atomic E-state index is 0.0967. The van der Waals surface area contributed by atoms with Crippen LogP contribution in [0.4, 0.5) is 19.0 Å². The van der Waals surface area contributed by atoms with Crippen LogP contribution in [-0.4, -0.2) is 53.3 Å². The summed E-state index contributed by atoms with van der Waals surface area (Å²) >= 11 is 0. The summed E-state index contributed by atoms with van der Waals surface area (Å²) in [6.07, 6.45) is -3.55. The van der Waals surface area contributed by atoms with Gasteiger partial charge in [0.15, 0.2) is 5.41 Å². The second kappa shape index (κ2) is 6.58. The molecule has 1 saturated heterocycles. The Hall–Kier alpha value is -1.83. The van der Waals surface area contributed by atoms with Crippen molar-refractivity contribution in [3.8, 4) is 0 Å². The molecule has 0 amide bonds. The van der Waals surface area contributed by atoms with Crippen molar-refractivity contribution < 1.29 is 23.1 Å². The summed E-state index contributed by atoms with van der Waals surface area (Å²) in [5.74, 6) is -1.02. The Labute approximate surface area is 139 Å². The lowest BCUT2D eigenvalue weighted by Crippen LogP contribution is -2.47. The molecule has 0 aliphatic carbocycles. The van der Waals surface area contributed by atoms with Gasteiger partial charge in [-0.3, -0.25) is 9.69 Å². The largest absolute Gasteiger partial charge is 0.481 e. The van der Waals surface area contributed by atoms with Gasteiger partial charge in [-0.15, -0.1) is 0 Å². The van der Waals surface area contributed by atoms with Gasteiger partial charge in [0, 0.05) is 38.9 Å². The summed E-state index contributed by atoms with van der Waals surface area (Å²) in [5, 5.41) is 9.07. The second-order valence-corrected chi connectivity index (χ2v) is 6.57. The summed E-state index contributed by atoms with van der Waals surface area (Å²) in [7, 11) is 1.91. The molecule has 0 spiro atoms. The second-order valence-electron chi connectivity index (χ2n) is 6.57. The van der Waals surface area contributed by atoms with Crippen LogP contribution >= 0.6 is 0 Å². The molecule has 1 aliphatic heterocycles. The number of aliphatic carboxylic acids is 1. The van der Waals surface area contributed by atoms with E-state index in [-0.39, 0.29) is 19.1 Å². The van der Waals surface area contributed by atoms with E-state index in [9.17, 15) is 18.0 Å². The quantitative estimate of drug-likeness (QED) is 0.889. The van der Waals surface area contributed by atoms with Gasteiger partial charge in [-0.2, -0.15) is 13.2 Å². The van der Waals surface area contributed by atoms with E-state index in [4.69, 9.17) is 5.11 Å². The number of pyridine rings is 1. The zero-order valence-electron chi connectivity index (χ0n) is 14.0. The van der Waals surface area contributed by atoms with Gasteiger partial charge in [-0.25, -0.2) is 4.98 Å². The lowest BCUT2D eigenvalue weighted by molar-refractivity contribution is -0.227. The summed E-state index contributed by atoms with van der Waals surface area (Å²) in [5.41, 5.74) is -1.91. The molecular weight excluding hydrogens is 323 g/mol. The van der Waals surface area contributed by atoms with Crippen LogP contribution in [0.25, 0.3) is 0 Å². The molecule has 24 heavy (non-hydrogen) atoms. The number of carbonyl (C=O) groups is 1. The molecule has 1 fully saturated rings. The molecule has 1 unspecified atom stereocenters. The van der Waals surface area contributed by atoms with E-state index >= 15 is 0 Å². The lowest BCUT2D eigenvalue weighted by atomic mass is 9.86. The maximum atomic E-state index is 13.2. The highest BCUT2D eigenvalue weighted by Crippen LogP contribution is 2.45. The van der Waals surface area contributed by atoms with Crippen LogP contribution in [0.3, 0.4) is 0 Å². The number of aromatic nitrogens is 1. The first-order valence-electron chi connectivity index (χ1n) is 7.77. The number of hydrogen-bond donors (Lipinski definition) is 1. The number of hydrogen-bond acceptors (Lipinski definition) is 4. The summed E-state index contributed by atoms with van der Waals surface area (Å²) < 4.78 is 39.5. The van der Waals surface area contributed by atoms with Crippen molar-refractivity contribution in [3.05, 3.63) is 23.9 Å². The molecule has 5 nitrogen and oxygen atoms in total. The molecule has 1 aromatic rings. The highest BCUT2D eigenvalue weighted by Gasteiger charge is 2.63. The SMILES string of the molecule is CC(C)N(C)c1ccc(CN2CCC(C(=O)O)(C(F)(F)F)C2)cn1. The highest BCUT2D eigenvalue weighted by molar-refractivity contribution is 5.76. The minimum Gasteiger partial charge on any atom is -0.481 e. The number of likely N-dealkylation sites (tertiary alicyclic amines) is 1. The van der Waals surface area contributed by atoms with Gasteiger partial charge < -0.3 is 10.0 Å². The molecule has 0 bridgehead atoms. The third-order valence-corrected chi connectivity index (χ3v) is 4.65. The Morgan fingerprint density at radius 3 is 2.54 bits per heavy atom. The van der Waals surface area contributed by atoms with E-state index in [1.54, 1.807) is 6.20 Å². The Bertz CT molecular complexity index is 589. The van der Waals surface area contributed by atoms with E-state index in [1.807, 2.05) is 37.9 Å². The molecule has 1 aromatic heterocycles. The number of carboxylic acid groups (broad SMARTS) is 1. The van der Waals surface area contributed by atoms with Gasteiger partial charge in [-0.1, -0.05) is 6.07 Å². The molecule has 0 radical (unpaired) electrons. The fraction of sp³-hybridized carbons (Fsp3) is 0.625. The Balaban J connectivity index is 2.07. The maximum absolute atomic E-state index is 13.2. The molecule has 2 rings (SSSR count). The summed E-state index contributed by atoms with van der Waals surface area (Å²) in [6.45, 7) is 3.88. The molecule has 0 aromatic carbocycles. The molecule has 2 heterocycles. The molecule has 1 atom stereocenters. The van der Waals surface area contributed by atoms with E-state index in [0.717, 1.165) is 11.4 Å². The van der Waals surface area contributed by atoms with Gasteiger partial charge in [0.2, 0.25) is 0 Å². The predicted molar refractivity (Wildman–Crippen MR) is 83.8 cm³/mol. The first-order chi connectivity index (χ1) is 11.1. The fourth-order valence-corrected chi connectivity index (χ4v) is 2.79. The normalized spacial score (nSPS) is 22.1. The van der Waals surface area contributed by atoms with Gasteiger partial charge in [0.25, 0.3) is 0 Å². The molecule has 8 heteroatoms. The first kappa shape index (κ1) is 18.5. The van der Waals surface area contributed by atoms with Crippen LogP contribution in [0.15, 0.2) is 18.3 Å². The standard InChI is InChI=1S/C16H22F3N3O2/c1-11(2)21(3)13-5-4-12(8-20-13)9-22-7-6-15(10-22,14(23)24)16(17,18)19/h4-5,8,11H,6-7,9-10H2,1-3H3,(H,23,24). The highest BCUT2D eigenvalue weighted by atomic mass is 19.4. The Morgan fingerprint density at radius 2 is 2.12 bits per heavy atom. The maximum Gasteiger partial charge on any atom is 0.406 e. The molecular formula is C16H22F3N3O2. The fourth-order valence-electron chi connectivity index (χ4n) is 2.79. The zero-order valence-corrected chi connectivity index (χ0v) is 14.0. The van der Waals surface area contributed by atoms with E-state index in [1.165, 1.54) is 4.90 Å². The summed E-state index contributed by atoms with van der Waals surface area (Å²) in [4.78, 5) is 19.0. The van der Waals surface area contributed by atoms with Crippen molar-refractivity contribution in [1.82, 2.24) is 9.88 Å². The van der Waals surface area contributed by atoms with Crippen molar-refractivity contribution in [2.45, 2.75) is 39.0 Å². The zero-order chi connectivity index (χ0) is 18.1. The van der Waals surface area contributed by atoms with Crippen LogP contribution in [0.2, 0.25) is 0 Å². The van der Waals surface area contributed by atoms with E-state index in [2.05, 4.69) is 4.98 Å². The number of anilines is 1. The number of alkyl halides is 3. The van der Waals surface area contributed by atoms with Crippen molar-refractivity contribution in [2.75, 3.05) is 25.0 Å². The van der Waals surface area contributed by atoms with Crippen molar-refractivity contribution >= 4 is 11.8 Å². The van der Waals surface area contributed by atoms with Crippen LogP contribution < -0.4 is 4.90 Å². The van der Waals surface area contributed by atoms with Gasteiger partial charge in [0.1, 0.15) is 5.82 Å². The number of rotatable bonds is 5. The van der Waals surface area contributed by atoms with Crippen LogP contribution in [0.5, 0.6) is 0 Å². The van der Waals surface area contributed by atoms with Crippen LogP contribution in [0.1, 0.15) is 25.8 Å². The predicted octanol–water partition coefficient (Wildman–Crippen LogP) is 2.77. The molecule has 1 aliphatic rings. The lowest BCUT2D eigenvalue weighted by Gasteiger charge is -2.27. The van der Waals surface area contributed by atoms with Crippen LogP contribution in [-0.2, 0) is 11.3 Å². The number of carboxylic acids is 1. The molecule has 1 N–H and O–H groups in total. The van der Waals surface area contributed by atoms with Crippen molar-refractivity contribution in [2.24, 2.45) is 5.41 Å². The average molecular weight is 345 g/mol. The van der Waals surface area contributed by atoms with Crippen molar-refractivity contribution in [3.63, 3.8) is 0 Å². The Kier molecular flexibility index (Phi) is 5.08. The van der Waals surface area contributed by atoms with E-state index < -0.39 is 30.5 Å². The van der Waals surface area contributed by atoms with Gasteiger partial charge in [0.05, 0.1) is 0 Å². The third kappa shape index (κ3) is 3.48. The van der Waals surface area contributed by atoms with Gasteiger partial charge >= 0.3 is 12.1 Å².